The number of fused-ring (bicyclic) bond motifs is 1. The Morgan fingerprint density at radius 3 is 3.00 bits per heavy atom. The summed E-state index contributed by atoms with van der Waals surface area (Å²) >= 11 is 2.23. The zero-order chi connectivity index (χ0) is 12.8. The monoisotopic (exact) mass is 377 g/mol. The average Bonchev–Trinajstić information content (AvgIpc) is 2.84. The molecule has 0 aliphatic carbocycles. The molecule has 1 fully saturated rings. The Bertz CT molecular complexity index is 695. The quantitative estimate of drug-likeness (QED) is 0.747. The molecule has 5 nitrogen and oxygen atoms in total. The third kappa shape index (κ3) is 2.13. The lowest BCUT2D eigenvalue weighted by Gasteiger charge is -2.09. The van der Waals surface area contributed by atoms with Gasteiger partial charge in [0.25, 0.3) is 0 Å². The Hall–Kier alpha value is -0.700. The van der Waals surface area contributed by atoms with E-state index in [4.69, 9.17) is 0 Å². The van der Waals surface area contributed by atoms with Gasteiger partial charge in [0.1, 0.15) is 5.52 Å². The molecule has 0 bridgehead atoms. The minimum atomic E-state index is -2.93. The van der Waals surface area contributed by atoms with Crippen LogP contribution in [0.3, 0.4) is 0 Å². The first-order chi connectivity index (χ1) is 8.56. The largest absolute Gasteiger partial charge is 0.243 e. The van der Waals surface area contributed by atoms with E-state index in [0.717, 1.165) is 27.4 Å². The molecule has 0 radical (unpaired) electrons. The van der Waals surface area contributed by atoms with Crippen LogP contribution in [0.2, 0.25) is 0 Å². The number of nitrogens with zero attached hydrogens (tertiary/aromatic N) is 3. The van der Waals surface area contributed by atoms with Crippen LogP contribution in [0.5, 0.6) is 0 Å². The van der Waals surface area contributed by atoms with Crippen molar-refractivity contribution in [2.75, 3.05) is 5.75 Å². The second kappa shape index (κ2) is 4.44. The van der Waals surface area contributed by atoms with Crippen LogP contribution in [0.25, 0.3) is 11.0 Å². The molecule has 1 aromatic heterocycles. The van der Waals surface area contributed by atoms with Gasteiger partial charge in [-0.25, -0.2) is 13.1 Å². The van der Waals surface area contributed by atoms with Gasteiger partial charge in [-0.1, -0.05) is 5.21 Å². The van der Waals surface area contributed by atoms with Crippen LogP contribution in [-0.2, 0) is 16.4 Å². The first-order valence-corrected chi connectivity index (χ1v) is 8.56. The summed E-state index contributed by atoms with van der Waals surface area (Å²) in [6.45, 7) is 0.416. The van der Waals surface area contributed by atoms with E-state index in [1.807, 2.05) is 18.2 Å². The molecule has 0 spiro atoms. The summed E-state index contributed by atoms with van der Waals surface area (Å²) in [4.78, 5) is 0. The molecule has 0 saturated carbocycles. The first-order valence-electron chi connectivity index (χ1n) is 5.76. The lowest BCUT2D eigenvalue weighted by Crippen LogP contribution is -2.22. The molecule has 1 aliphatic heterocycles. The normalized spacial score (nSPS) is 22.6. The number of sulfone groups is 1. The lowest BCUT2D eigenvalue weighted by atomic mass is 10.2. The average molecular weight is 377 g/mol. The van der Waals surface area contributed by atoms with Crippen LogP contribution >= 0.6 is 22.6 Å². The fraction of sp³-hybridized carbons (Fsp3) is 0.455. The van der Waals surface area contributed by atoms with Crippen molar-refractivity contribution < 1.29 is 8.42 Å². The van der Waals surface area contributed by atoms with Gasteiger partial charge in [0, 0.05) is 3.57 Å². The molecule has 3 rings (SSSR count). The van der Waals surface area contributed by atoms with Gasteiger partial charge in [0.15, 0.2) is 9.84 Å². The van der Waals surface area contributed by atoms with Gasteiger partial charge in [-0.2, -0.15) is 0 Å². The summed E-state index contributed by atoms with van der Waals surface area (Å²) in [5, 5.41) is 7.82. The van der Waals surface area contributed by atoms with E-state index in [0.29, 0.717) is 12.3 Å². The highest BCUT2D eigenvalue weighted by Gasteiger charge is 2.32. The maximum absolute atomic E-state index is 11.8. The van der Waals surface area contributed by atoms with Crippen molar-refractivity contribution in [3.05, 3.63) is 21.8 Å². The molecule has 0 amide bonds. The van der Waals surface area contributed by atoms with E-state index in [9.17, 15) is 8.42 Å². The summed E-state index contributed by atoms with van der Waals surface area (Å²) in [6.07, 6.45) is 1.49. The minimum Gasteiger partial charge on any atom is -0.243 e. The maximum Gasteiger partial charge on any atom is 0.154 e. The van der Waals surface area contributed by atoms with Crippen molar-refractivity contribution in [2.24, 2.45) is 0 Å². The predicted octanol–water partition coefficient (Wildman–Crippen LogP) is 1.61. The number of halogens is 1. The number of benzene rings is 1. The lowest BCUT2D eigenvalue weighted by molar-refractivity contribution is 0.540. The zero-order valence-corrected chi connectivity index (χ0v) is 12.6. The zero-order valence-electron chi connectivity index (χ0n) is 9.58. The van der Waals surface area contributed by atoms with E-state index >= 15 is 0 Å². The van der Waals surface area contributed by atoms with Gasteiger partial charge in [-0.3, -0.25) is 0 Å². The third-order valence-corrected chi connectivity index (χ3v) is 6.24. The molecular weight excluding hydrogens is 365 g/mol. The van der Waals surface area contributed by atoms with Crippen molar-refractivity contribution >= 4 is 43.5 Å². The first kappa shape index (κ1) is 12.3. The van der Waals surface area contributed by atoms with Crippen molar-refractivity contribution in [1.82, 2.24) is 15.0 Å². The predicted molar refractivity (Wildman–Crippen MR) is 77.1 cm³/mol. The van der Waals surface area contributed by atoms with Gasteiger partial charge in [0.2, 0.25) is 0 Å². The number of hydrogen-bond donors (Lipinski definition) is 0. The molecule has 1 atom stereocenters. The Morgan fingerprint density at radius 1 is 1.44 bits per heavy atom. The van der Waals surface area contributed by atoms with Crippen LogP contribution in [0.1, 0.15) is 12.8 Å². The molecule has 96 valence electrons. The molecule has 7 heteroatoms. The SMILES string of the molecule is O=S1(=O)CCCC1Cn1nnc2ccc(I)cc21. The van der Waals surface area contributed by atoms with E-state index < -0.39 is 9.84 Å². The van der Waals surface area contributed by atoms with E-state index in [2.05, 4.69) is 32.9 Å². The number of aromatic nitrogens is 3. The second-order valence-electron chi connectivity index (χ2n) is 4.54. The Balaban J connectivity index is 1.98. The van der Waals surface area contributed by atoms with Gasteiger partial charge < -0.3 is 0 Å². The fourth-order valence-corrected chi connectivity index (χ4v) is 4.60. The van der Waals surface area contributed by atoms with Gasteiger partial charge in [-0.15, -0.1) is 5.10 Å². The Morgan fingerprint density at radius 2 is 2.28 bits per heavy atom. The van der Waals surface area contributed by atoms with E-state index in [-0.39, 0.29) is 5.25 Å². The van der Waals surface area contributed by atoms with Gasteiger partial charge in [0.05, 0.1) is 23.1 Å². The fourth-order valence-electron chi connectivity index (χ4n) is 2.33. The number of rotatable bonds is 2. The van der Waals surface area contributed by atoms with Crippen LogP contribution in [0.4, 0.5) is 0 Å². The standard InChI is InChI=1S/C11H12IN3O2S/c12-8-3-4-10-11(6-8)15(14-13-10)7-9-2-1-5-18(9,16)17/h3-4,6,9H,1-2,5,7H2. The van der Waals surface area contributed by atoms with Gasteiger partial charge >= 0.3 is 0 Å². The minimum absolute atomic E-state index is 0.305. The van der Waals surface area contributed by atoms with Crippen LogP contribution in [-0.4, -0.2) is 34.4 Å². The highest BCUT2D eigenvalue weighted by Crippen LogP contribution is 2.23. The summed E-state index contributed by atoms with van der Waals surface area (Å²) in [7, 11) is -2.93. The Kier molecular flexibility index (Phi) is 3.05. The topological polar surface area (TPSA) is 64.8 Å². The molecule has 1 saturated heterocycles. The van der Waals surface area contributed by atoms with Crippen molar-refractivity contribution in [3.63, 3.8) is 0 Å². The van der Waals surface area contributed by atoms with Gasteiger partial charge in [-0.05, 0) is 53.6 Å². The highest BCUT2D eigenvalue weighted by molar-refractivity contribution is 14.1. The molecule has 0 N–H and O–H groups in total. The van der Waals surface area contributed by atoms with Crippen molar-refractivity contribution in [3.8, 4) is 0 Å². The molecule has 1 unspecified atom stereocenters. The highest BCUT2D eigenvalue weighted by atomic mass is 127. The summed E-state index contributed by atoms with van der Waals surface area (Å²) in [6, 6.07) is 5.86. The van der Waals surface area contributed by atoms with Crippen LogP contribution in [0, 0.1) is 3.57 Å². The Labute approximate surface area is 119 Å². The molecular formula is C11H12IN3O2S. The van der Waals surface area contributed by atoms with Crippen LogP contribution in [0.15, 0.2) is 18.2 Å². The molecule has 18 heavy (non-hydrogen) atoms. The third-order valence-electron chi connectivity index (χ3n) is 3.32. The van der Waals surface area contributed by atoms with Crippen molar-refractivity contribution in [1.29, 1.82) is 0 Å². The van der Waals surface area contributed by atoms with E-state index in [1.54, 1.807) is 4.68 Å². The molecule has 2 aromatic rings. The summed E-state index contributed by atoms with van der Waals surface area (Å²) in [5.74, 6) is 0.307. The molecule has 2 heterocycles. The molecule has 1 aromatic carbocycles. The van der Waals surface area contributed by atoms with E-state index in [1.165, 1.54) is 0 Å². The summed E-state index contributed by atoms with van der Waals surface area (Å²) < 4.78 is 26.5. The van der Waals surface area contributed by atoms with Crippen molar-refractivity contribution in [2.45, 2.75) is 24.6 Å². The maximum atomic E-state index is 11.8. The number of hydrogen-bond acceptors (Lipinski definition) is 4. The smallest absolute Gasteiger partial charge is 0.154 e. The summed E-state index contributed by atoms with van der Waals surface area (Å²) in [5.41, 5.74) is 1.72. The second-order valence-corrected chi connectivity index (χ2v) is 8.18. The van der Waals surface area contributed by atoms with Crippen LogP contribution < -0.4 is 0 Å². The molecule has 1 aliphatic rings.